The van der Waals surface area contributed by atoms with E-state index in [9.17, 15) is 13.0 Å². The minimum atomic E-state index is -4.14. The molecular weight excluding hydrogens is 296 g/mol. The summed E-state index contributed by atoms with van der Waals surface area (Å²) in [7, 11) is -4.14. The highest BCUT2D eigenvalue weighted by molar-refractivity contribution is 7.86. The van der Waals surface area contributed by atoms with E-state index >= 15 is 0 Å². The van der Waals surface area contributed by atoms with Crippen LogP contribution in [-0.2, 0) is 10.1 Å². The van der Waals surface area contributed by atoms with Gasteiger partial charge in [0.1, 0.15) is 5.25 Å². The van der Waals surface area contributed by atoms with Crippen molar-refractivity contribution in [1.82, 2.24) is 0 Å². The lowest BCUT2D eigenvalue weighted by Gasteiger charge is -2.20. The Kier molecular flexibility index (Phi) is 5.04. The molecule has 118 valence electrons. The molecule has 0 aliphatic rings. The molecule has 2 atom stereocenters. The van der Waals surface area contributed by atoms with Gasteiger partial charge in [-0.15, -0.1) is 0 Å². The average Bonchev–Trinajstić information content (AvgIpc) is 2.45. The van der Waals surface area contributed by atoms with Crippen molar-refractivity contribution in [3.63, 3.8) is 0 Å². The summed E-state index contributed by atoms with van der Waals surface area (Å²) in [6, 6.07) is 15.3. The molecule has 0 heterocycles. The number of hydrogen-bond donors (Lipinski definition) is 1. The quantitative estimate of drug-likeness (QED) is 0.830. The monoisotopic (exact) mass is 318 g/mol. The molecular formula is C18H22O3S. The van der Waals surface area contributed by atoms with Crippen molar-refractivity contribution in [2.45, 2.75) is 38.4 Å². The van der Waals surface area contributed by atoms with Gasteiger partial charge in [0.2, 0.25) is 0 Å². The zero-order valence-electron chi connectivity index (χ0n) is 13.2. The average molecular weight is 318 g/mol. The molecule has 0 radical (unpaired) electrons. The molecule has 0 aliphatic carbocycles. The van der Waals surface area contributed by atoms with Crippen molar-refractivity contribution >= 4 is 10.1 Å². The number of rotatable bonds is 5. The van der Waals surface area contributed by atoms with Crippen molar-refractivity contribution in [2.24, 2.45) is 0 Å². The van der Waals surface area contributed by atoms with Gasteiger partial charge in [0.25, 0.3) is 10.1 Å². The van der Waals surface area contributed by atoms with E-state index in [-0.39, 0.29) is 5.92 Å². The highest BCUT2D eigenvalue weighted by Gasteiger charge is 2.27. The molecule has 0 spiro atoms. The lowest BCUT2D eigenvalue weighted by atomic mass is 9.93. The molecule has 3 nitrogen and oxygen atoms in total. The predicted molar refractivity (Wildman–Crippen MR) is 89.7 cm³/mol. The van der Waals surface area contributed by atoms with Gasteiger partial charge in [-0.25, -0.2) is 0 Å². The Labute approximate surface area is 132 Å². The normalized spacial score (nSPS) is 14.5. The van der Waals surface area contributed by atoms with E-state index in [1.165, 1.54) is 5.56 Å². The topological polar surface area (TPSA) is 54.4 Å². The van der Waals surface area contributed by atoms with Crippen LogP contribution in [0.15, 0.2) is 48.5 Å². The Morgan fingerprint density at radius 1 is 0.864 bits per heavy atom. The minimum absolute atomic E-state index is 0.0360. The molecule has 0 aromatic heterocycles. The summed E-state index contributed by atoms with van der Waals surface area (Å²) in [5, 5.41) is -0.899. The van der Waals surface area contributed by atoms with E-state index < -0.39 is 15.4 Å². The fraction of sp³-hybridized carbons (Fsp3) is 0.333. The molecule has 0 fully saturated rings. The van der Waals surface area contributed by atoms with Gasteiger partial charge in [0.05, 0.1) is 0 Å². The predicted octanol–water partition coefficient (Wildman–Crippen LogP) is 4.43. The molecule has 0 saturated heterocycles. The van der Waals surface area contributed by atoms with Gasteiger partial charge in [-0.3, -0.25) is 4.55 Å². The van der Waals surface area contributed by atoms with Crippen LogP contribution in [0.4, 0.5) is 0 Å². The number of benzene rings is 2. The highest BCUT2D eigenvalue weighted by atomic mass is 32.2. The van der Waals surface area contributed by atoms with Gasteiger partial charge in [-0.05, 0) is 37.3 Å². The molecule has 0 bridgehead atoms. The maximum atomic E-state index is 11.8. The number of hydrogen-bond acceptors (Lipinski definition) is 2. The van der Waals surface area contributed by atoms with E-state index in [0.29, 0.717) is 12.0 Å². The fourth-order valence-corrected chi connectivity index (χ4v) is 3.60. The first-order valence-corrected chi connectivity index (χ1v) is 8.87. The lowest BCUT2D eigenvalue weighted by Crippen LogP contribution is -2.15. The first kappa shape index (κ1) is 16.7. The van der Waals surface area contributed by atoms with Gasteiger partial charge in [0.15, 0.2) is 0 Å². The summed E-state index contributed by atoms with van der Waals surface area (Å²) in [4.78, 5) is 0. The molecule has 2 aromatic rings. The molecule has 2 rings (SSSR count). The third kappa shape index (κ3) is 4.18. The van der Waals surface area contributed by atoms with E-state index in [1.807, 2.05) is 57.2 Å². The third-order valence-corrected chi connectivity index (χ3v) is 5.21. The van der Waals surface area contributed by atoms with E-state index in [0.717, 1.165) is 11.1 Å². The van der Waals surface area contributed by atoms with Crippen LogP contribution in [0.1, 0.15) is 46.8 Å². The largest absolute Gasteiger partial charge is 0.285 e. The molecule has 0 aliphatic heterocycles. The highest BCUT2D eigenvalue weighted by Crippen LogP contribution is 2.33. The van der Waals surface area contributed by atoms with Crippen molar-refractivity contribution in [3.8, 4) is 0 Å². The Bertz CT molecular complexity index is 716. The van der Waals surface area contributed by atoms with Crippen molar-refractivity contribution in [2.75, 3.05) is 0 Å². The summed E-state index contributed by atoms with van der Waals surface area (Å²) in [5.74, 6) is 0.0360. The Morgan fingerprint density at radius 3 is 1.68 bits per heavy atom. The van der Waals surface area contributed by atoms with Gasteiger partial charge in [0, 0.05) is 0 Å². The fourth-order valence-electron chi connectivity index (χ4n) is 2.56. The summed E-state index contributed by atoms with van der Waals surface area (Å²) in [6.45, 7) is 5.94. The van der Waals surface area contributed by atoms with Crippen LogP contribution >= 0.6 is 0 Å². The first-order valence-electron chi connectivity index (χ1n) is 7.37. The second-order valence-electron chi connectivity index (χ2n) is 5.96. The second-order valence-corrected chi connectivity index (χ2v) is 7.56. The minimum Gasteiger partial charge on any atom is -0.285 e. The summed E-state index contributed by atoms with van der Waals surface area (Å²) >= 11 is 0. The Balaban J connectivity index is 2.27. The van der Waals surface area contributed by atoms with Gasteiger partial charge in [-0.1, -0.05) is 66.6 Å². The van der Waals surface area contributed by atoms with Crippen LogP contribution in [-0.4, -0.2) is 13.0 Å². The van der Waals surface area contributed by atoms with Gasteiger partial charge >= 0.3 is 0 Å². The molecule has 0 amide bonds. The smallest absolute Gasteiger partial charge is 0.272 e. The van der Waals surface area contributed by atoms with Crippen LogP contribution < -0.4 is 0 Å². The summed E-state index contributed by atoms with van der Waals surface area (Å²) < 4.78 is 33.2. The van der Waals surface area contributed by atoms with Crippen LogP contribution in [0.3, 0.4) is 0 Å². The van der Waals surface area contributed by atoms with E-state index in [2.05, 4.69) is 0 Å². The second kappa shape index (κ2) is 6.63. The maximum absolute atomic E-state index is 11.8. The summed E-state index contributed by atoms with van der Waals surface area (Å²) in [6.07, 6.45) is 0.352. The molecule has 4 heteroatoms. The van der Waals surface area contributed by atoms with Gasteiger partial charge in [-0.2, -0.15) is 8.42 Å². The van der Waals surface area contributed by atoms with E-state index in [1.54, 1.807) is 12.1 Å². The zero-order chi connectivity index (χ0) is 16.3. The van der Waals surface area contributed by atoms with Crippen molar-refractivity contribution in [3.05, 3.63) is 70.8 Å². The Morgan fingerprint density at radius 2 is 1.27 bits per heavy atom. The van der Waals surface area contributed by atoms with Gasteiger partial charge < -0.3 is 0 Å². The van der Waals surface area contributed by atoms with Crippen LogP contribution in [0, 0.1) is 13.8 Å². The molecule has 2 unspecified atom stereocenters. The van der Waals surface area contributed by atoms with Crippen LogP contribution in [0.5, 0.6) is 0 Å². The van der Waals surface area contributed by atoms with Crippen LogP contribution in [0.25, 0.3) is 0 Å². The standard InChI is InChI=1S/C18H22O3S/c1-13-4-8-16(9-5-13)15(3)12-18(22(19,20)21)17-10-6-14(2)7-11-17/h4-11,15,18H,12H2,1-3H3,(H,19,20,21). The number of aryl methyl sites for hydroxylation is 2. The zero-order valence-corrected chi connectivity index (χ0v) is 14.0. The van der Waals surface area contributed by atoms with E-state index in [4.69, 9.17) is 0 Å². The molecule has 2 aromatic carbocycles. The first-order chi connectivity index (χ1) is 10.3. The van der Waals surface area contributed by atoms with Crippen molar-refractivity contribution in [1.29, 1.82) is 0 Å². The maximum Gasteiger partial charge on any atom is 0.272 e. The molecule has 0 saturated carbocycles. The lowest BCUT2D eigenvalue weighted by molar-refractivity contribution is 0.458. The molecule has 1 N–H and O–H groups in total. The van der Waals surface area contributed by atoms with Crippen molar-refractivity contribution < 1.29 is 13.0 Å². The van der Waals surface area contributed by atoms with Crippen LogP contribution in [0.2, 0.25) is 0 Å². The molecule has 22 heavy (non-hydrogen) atoms. The third-order valence-electron chi connectivity index (χ3n) is 4.02. The Hall–Kier alpha value is -1.65. The SMILES string of the molecule is Cc1ccc(C(C)CC(c2ccc(C)cc2)S(=O)(=O)O)cc1. The summed E-state index contributed by atoms with van der Waals surface area (Å²) in [5.41, 5.74) is 3.93.